The van der Waals surface area contributed by atoms with Crippen LogP contribution < -0.4 is 5.32 Å². The van der Waals surface area contributed by atoms with Gasteiger partial charge in [-0.2, -0.15) is 0 Å². The Kier molecular flexibility index (Phi) is 5.92. The van der Waals surface area contributed by atoms with Crippen molar-refractivity contribution in [2.75, 3.05) is 6.54 Å². The van der Waals surface area contributed by atoms with Crippen molar-refractivity contribution in [3.8, 4) is 0 Å². The van der Waals surface area contributed by atoms with Crippen molar-refractivity contribution in [1.29, 1.82) is 0 Å². The van der Waals surface area contributed by atoms with Crippen molar-refractivity contribution in [1.82, 2.24) is 5.32 Å². The lowest BCUT2D eigenvalue weighted by atomic mass is 9.99. The van der Waals surface area contributed by atoms with Gasteiger partial charge in [0.15, 0.2) is 0 Å². The highest BCUT2D eigenvalue weighted by Crippen LogP contribution is 2.19. The molecule has 1 aromatic carbocycles. The highest BCUT2D eigenvalue weighted by molar-refractivity contribution is 6.20. The SMILES string of the molecule is CC/C=C/C=C(/C(=O)NCC)c1ccccc1C. The molecular weight excluding hydrogens is 222 g/mol. The monoisotopic (exact) mass is 243 g/mol. The molecule has 0 aliphatic rings. The molecule has 1 amide bonds. The van der Waals surface area contributed by atoms with Crippen LogP contribution in [-0.4, -0.2) is 12.5 Å². The van der Waals surface area contributed by atoms with E-state index in [1.54, 1.807) is 0 Å². The lowest BCUT2D eigenvalue weighted by Gasteiger charge is -2.09. The average Bonchev–Trinajstić information content (AvgIpc) is 2.36. The Morgan fingerprint density at radius 3 is 2.61 bits per heavy atom. The van der Waals surface area contributed by atoms with Crippen LogP contribution in [0.25, 0.3) is 5.57 Å². The normalized spacial score (nSPS) is 11.8. The number of hydrogen-bond donors (Lipinski definition) is 1. The maximum absolute atomic E-state index is 12.1. The topological polar surface area (TPSA) is 29.1 Å². The van der Waals surface area contributed by atoms with Gasteiger partial charge in [-0.25, -0.2) is 0 Å². The summed E-state index contributed by atoms with van der Waals surface area (Å²) in [6.07, 6.45) is 6.83. The first-order valence-corrected chi connectivity index (χ1v) is 6.41. The molecule has 0 fully saturated rings. The van der Waals surface area contributed by atoms with Gasteiger partial charge in [0, 0.05) is 12.1 Å². The molecular formula is C16H21NO. The summed E-state index contributed by atoms with van der Waals surface area (Å²) < 4.78 is 0. The van der Waals surface area contributed by atoms with Gasteiger partial charge in [-0.3, -0.25) is 4.79 Å². The van der Waals surface area contributed by atoms with Crippen LogP contribution in [0.2, 0.25) is 0 Å². The fourth-order valence-corrected chi connectivity index (χ4v) is 1.72. The maximum Gasteiger partial charge on any atom is 0.251 e. The number of carbonyl (C=O) groups excluding carboxylic acids is 1. The molecule has 96 valence electrons. The van der Waals surface area contributed by atoms with Crippen molar-refractivity contribution in [3.63, 3.8) is 0 Å². The van der Waals surface area contributed by atoms with E-state index in [-0.39, 0.29) is 5.91 Å². The summed E-state index contributed by atoms with van der Waals surface area (Å²) in [6.45, 7) is 6.66. The van der Waals surface area contributed by atoms with Crippen molar-refractivity contribution in [2.24, 2.45) is 0 Å². The van der Waals surface area contributed by atoms with Crippen molar-refractivity contribution in [3.05, 3.63) is 53.6 Å². The number of likely N-dealkylation sites (N-methyl/N-ethyl adjacent to an activating group) is 1. The van der Waals surface area contributed by atoms with E-state index in [4.69, 9.17) is 0 Å². The number of benzene rings is 1. The van der Waals surface area contributed by atoms with Gasteiger partial charge in [0.1, 0.15) is 0 Å². The molecule has 0 heterocycles. The second kappa shape index (κ2) is 7.49. The Morgan fingerprint density at radius 1 is 1.28 bits per heavy atom. The third-order valence-corrected chi connectivity index (χ3v) is 2.65. The largest absolute Gasteiger partial charge is 0.352 e. The summed E-state index contributed by atoms with van der Waals surface area (Å²) >= 11 is 0. The number of nitrogens with one attached hydrogen (secondary N) is 1. The number of hydrogen-bond acceptors (Lipinski definition) is 1. The molecule has 0 aliphatic heterocycles. The second-order valence-electron chi connectivity index (χ2n) is 4.09. The zero-order chi connectivity index (χ0) is 13.4. The summed E-state index contributed by atoms with van der Waals surface area (Å²) in [7, 11) is 0. The zero-order valence-electron chi connectivity index (χ0n) is 11.4. The molecule has 1 rings (SSSR count). The lowest BCUT2D eigenvalue weighted by molar-refractivity contribution is -0.115. The molecule has 0 unspecified atom stereocenters. The van der Waals surface area contributed by atoms with Crippen LogP contribution in [-0.2, 0) is 4.79 Å². The molecule has 0 aromatic heterocycles. The van der Waals surface area contributed by atoms with Crippen LogP contribution in [0.5, 0.6) is 0 Å². The second-order valence-corrected chi connectivity index (χ2v) is 4.09. The number of carbonyl (C=O) groups is 1. The molecule has 0 atom stereocenters. The number of allylic oxidation sites excluding steroid dienone is 3. The molecule has 0 aliphatic carbocycles. The fourth-order valence-electron chi connectivity index (χ4n) is 1.72. The van der Waals surface area contributed by atoms with Crippen molar-refractivity contribution >= 4 is 11.5 Å². The van der Waals surface area contributed by atoms with Gasteiger partial charge >= 0.3 is 0 Å². The predicted molar refractivity (Wildman–Crippen MR) is 77.3 cm³/mol. The van der Waals surface area contributed by atoms with Crippen molar-refractivity contribution in [2.45, 2.75) is 27.2 Å². The molecule has 2 heteroatoms. The van der Waals surface area contributed by atoms with E-state index in [1.165, 1.54) is 0 Å². The van der Waals surface area contributed by atoms with Crippen LogP contribution >= 0.6 is 0 Å². The highest BCUT2D eigenvalue weighted by Gasteiger charge is 2.11. The quantitative estimate of drug-likeness (QED) is 0.622. The van der Waals surface area contributed by atoms with E-state index in [0.29, 0.717) is 6.54 Å². The van der Waals surface area contributed by atoms with Crippen LogP contribution in [0.15, 0.2) is 42.5 Å². The van der Waals surface area contributed by atoms with Gasteiger partial charge in [-0.15, -0.1) is 0 Å². The Hall–Kier alpha value is -1.83. The number of amides is 1. The first-order chi connectivity index (χ1) is 8.70. The minimum Gasteiger partial charge on any atom is -0.352 e. The third-order valence-electron chi connectivity index (χ3n) is 2.65. The first-order valence-electron chi connectivity index (χ1n) is 6.41. The first kappa shape index (κ1) is 14.2. The van der Waals surface area contributed by atoms with Gasteiger partial charge < -0.3 is 5.32 Å². The smallest absolute Gasteiger partial charge is 0.251 e. The lowest BCUT2D eigenvalue weighted by Crippen LogP contribution is -2.24. The van der Waals surface area contributed by atoms with Gasteiger partial charge in [0.25, 0.3) is 5.91 Å². The minimum atomic E-state index is -0.0208. The third kappa shape index (κ3) is 3.88. The molecule has 0 bridgehead atoms. The maximum atomic E-state index is 12.1. The van der Waals surface area contributed by atoms with E-state index in [0.717, 1.165) is 23.1 Å². The molecule has 1 aromatic rings. The summed E-state index contributed by atoms with van der Waals surface area (Å²) in [6, 6.07) is 7.94. The molecule has 0 spiro atoms. The van der Waals surface area contributed by atoms with E-state index in [2.05, 4.69) is 12.2 Å². The molecule has 0 saturated heterocycles. The van der Waals surface area contributed by atoms with E-state index < -0.39 is 0 Å². The van der Waals surface area contributed by atoms with Crippen LogP contribution in [0.1, 0.15) is 31.4 Å². The Balaban J connectivity index is 3.12. The van der Waals surface area contributed by atoms with Crippen LogP contribution in [0.3, 0.4) is 0 Å². The Bertz CT molecular complexity index is 458. The van der Waals surface area contributed by atoms with Gasteiger partial charge in [-0.05, 0) is 37.5 Å². The van der Waals surface area contributed by atoms with Gasteiger partial charge in [0.05, 0.1) is 0 Å². The van der Waals surface area contributed by atoms with Crippen LogP contribution in [0.4, 0.5) is 0 Å². The van der Waals surface area contributed by atoms with Gasteiger partial charge in [-0.1, -0.05) is 43.3 Å². The minimum absolute atomic E-state index is 0.0208. The average molecular weight is 243 g/mol. The highest BCUT2D eigenvalue weighted by atomic mass is 16.1. The summed E-state index contributed by atoms with van der Waals surface area (Å²) in [5.74, 6) is -0.0208. The van der Waals surface area contributed by atoms with E-state index >= 15 is 0 Å². The molecule has 18 heavy (non-hydrogen) atoms. The fraction of sp³-hybridized carbons (Fsp3) is 0.312. The molecule has 0 saturated carbocycles. The summed E-state index contributed by atoms with van der Waals surface area (Å²) in [5, 5.41) is 2.86. The standard InChI is InChI=1S/C16H21NO/c1-4-6-7-12-15(16(18)17-5-2)14-11-9-8-10-13(14)3/h6-12H,4-5H2,1-3H3,(H,17,18)/b7-6+,15-12+. The van der Waals surface area contributed by atoms with Gasteiger partial charge in [0.2, 0.25) is 0 Å². The van der Waals surface area contributed by atoms with E-state index in [1.807, 2.05) is 56.3 Å². The van der Waals surface area contributed by atoms with Crippen LogP contribution in [0, 0.1) is 6.92 Å². The number of aryl methyl sites for hydroxylation is 1. The number of rotatable bonds is 5. The van der Waals surface area contributed by atoms with Crippen molar-refractivity contribution < 1.29 is 4.79 Å². The summed E-state index contributed by atoms with van der Waals surface area (Å²) in [5.41, 5.74) is 2.82. The molecule has 1 N–H and O–H groups in total. The molecule has 2 nitrogen and oxygen atoms in total. The predicted octanol–water partition coefficient (Wildman–Crippen LogP) is 3.48. The Morgan fingerprint density at radius 2 is 2.00 bits per heavy atom. The van der Waals surface area contributed by atoms with E-state index in [9.17, 15) is 4.79 Å². The summed E-state index contributed by atoms with van der Waals surface area (Å²) in [4.78, 5) is 12.1. The molecule has 0 radical (unpaired) electrons. The zero-order valence-corrected chi connectivity index (χ0v) is 11.4. The Labute approximate surface area is 109 Å².